The van der Waals surface area contributed by atoms with Crippen molar-refractivity contribution in [3.8, 4) is 17.2 Å². The van der Waals surface area contributed by atoms with Crippen LogP contribution in [0, 0.1) is 0 Å². The molecule has 0 bridgehead atoms. The van der Waals surface area contributed by atoms with Crippen LogP contribution in [0.15, 0.2) is 47.4 Å². The molecule has 0 saturated carbocycles. The first kappa shape index (κ1) is 27.6. The first-order valence-corrected chi connectivity index (χ1v) is 11.9. The Bertz CT molecular complexity index is 868. The maximum atomic E-state index is 11.9. The van der Waals surface area contributed by atoms with Crippen molar-refractivity contribution in [3.63, 3.8) is 0 Å². The van der Waals surface area contributed by atoms with E-state index in [9.17, 15) is 13.5 Å². The van der Waals surface area contributed by atoms with E-state index in [1.165, 1.54) is 51.4 Å². The van der Waals surface area contributed by atoms with E-state index in [1.54, 1.807) is 6.07 Å². The summed E-state index contributed by atoms with van der Waals surface area (Å²) in [6.45, 7) is 2.23. The normalized spacial score (nSPS) is 11.1. The van der Waals surface area contributed by atoms with Crippen molar-refractivity contribution < 1.29 is 74.2 Å². The monoisotopic (exact) mass is 458 g/mol. The van der Waals surface area contributed by atoms with E-state index in [0.29, 0.717) is 5.75 Å². The quantitative estimate of drug-likeness (QED) is 0.283. The molecule has 2 rings (SSSR count). The number of ether oxygens (including phenoxy) is 1. The smallest absolute Gasteiger partial charge is 0.870 e. The molecule has 0 unspecified atom stereocenters. The van der Waals surface area contributed by atoms with Gasteiger partial charge in [0.25, 0.3) is 10.1 Å². The molecule has 0 atom stereocenters. The Balaban J connectivity index is 0.00000450. The van der Waals surface area contributed by atoms with Crippen molar-refractivity contribution in [1.29, 1.82) is 0 Å². The summed E-state index contributed by atoms with van der Waals surface area (Å²) in [5, 5.41) is 11.9. The molecule has 0 aliphatic rings. The summed E-state index contributed by atoms with van der Waals surface area (Å²) in [4.78, 5) is -0.363. The maximum Gasteiger partial charge on any atom is 1.00 e. The summed E-state index contributed by atoms with van der Waals surface area (Å²) in [6.07, 6.45) is 12.4. The summed E-state index contributed by atoms with van der Waals surface area (Å²) in [7, 11) is -4.39. The predicted octanol–water partition coefficient (Wildman–Crippen LogP) is 2.88. The van der Waals surface area contributed by atoms with Crippen LogP contribution in [-0.4, -0.2) is 13.0 Å². The Morgan fingerprint density at radius 1 is 0.900 bits per heavy atom. The Morgan fingerprint density at radius 3 is 2.17 bits per heavy atom. The molecule has 5 nitrogen and oxygen atoms in total. The molecule has 0 heterocycles. The van der Waals surface area contributed by atoms with E-state index in [2.05, 4.69) is 6.92 Å². The molecule has 0 amide bonds. The second-order valence-corrected chi connectivity index (χ2v) is 8.83. The summed E-state index contributed by atoms with van der Waals surface area (Å²) in [5.74, 6) is -0.0925. The summed E-state index contributed by atoms with van der Waals surface area (Å²) < 4.78 is 37.3. The van der Waals surface area contributed by atoms with Gasteiger partial charge in [0, 0.05) is 6.07 Å². The third-order valence-electron chi connectivity index (χ3n) is 4.91. The molecule has 7 heteroatoms. The third kappa shape index (κ3) is 10.3. The number of benzene rings is 2. The summed E-state index contributed by atoms with van der Waals surface area (Å²) in [6, 6.07) is 10.6. The molecule has 0 spiro atoms. The average molecular weight is 459 g/mol. The molecule has 0 aromatic heterocycles. The fraction of sp³-hybridized carbons (Fsp3) is 0.478. The van der Waals surface area contributed by atoms with Gasteiger partial charge >= 0.3 is 51.4 Å². The molecule has 0 saturated heterocycles. The van der Waals surface area contributed by atoms with Gasteiger partial charge in [0.2, 0.25) is 0 Å². The summed E-state index contributed by atoms with van der Waals surface area (Å²) in [5.41, 5.74) is 1.11. The second kappa shape index (κ2) is 14.6. The van der Waals surface area contributed by atoms with Crippen LogP contribution in [0.4, 0.5) is 0 Å². The molecule has 0 aliphatic carbocycles. The average Bonchev–Trinajstić information content (AvgIpc) is 2.68. The third-order valence-corrected chi connectivity index (χ3v) is 5.76. The van der Waals surface area contributed by atoms with Gasteiger partial charge in [-0.15, -0.1) is 0 Å². The van der Waals surface area contributed by atoms with Crippen LogP contribution in [0.25, 0.3) is 0 Å². The van der Waals surface area contributed by atoms with E-state index >= 15 is 0 Å². The second-order valence-electron chi connectivity index (χ2n) is 7.41. The van der Waals surface area contributed by atoms with Gasteiger partial charge in [0.1, 0.15) is 11.5 Å². The Morgan fingerprint density at radius 2 is 1.53 bits per heavy atom. The standard InChI is InChI=1S/C23H32O5S.K/c1-2-3-4-5-6-7-8-9-10-12-19-13-11-14-20(17-19)28-23-18-21(29(25,26)27)15-16-22(23)24;/h11,13-18,24H,2-10,12H2,1H3,(H,25,26,27);/q;+1/p-1. The van der Waals surface area contributed by atoms with Gasteiger partial charge < -0.3 is 9.84 Å². The molecule has 160 valence electrons. The number of unbranched alkanes of at least 4 members (excludes halogenated alkanes) is 8. The van der Waals surface area contributed by atoms with E-state index in [-0.39, 0.29) is 62.0 Å². The minimum absolute atomic E-state index is 0. The molecule has 0 fully saturated rings. The van der Waals surface area contributed by atoms with Crippen LogP contribution < -0.4 is 61.2 Å². The molecule has 0 radical (unpaired) electrons. The Hall–Kier alpha value is -0.414. The number of rotatable bonds is 13. The zero-order chi connectivity index (χ0) is 21.1. The van der Waals surface area contributed by atoms with Crippen LogP contribution in [0.5, 0.6) is 17.2 Å². The van der Waals surface area contributed by atoms with Crippen LogP contribution in [0.3, 0.4) is 0 Å². The topological polar surface area (TPSA) is 86.7 Å². The molecule has 1 N–H and O–H groups in total. The van der Waals surface area contributed by atoms with Crippen LogP contribution in [-0.2, 0) is 16.5 Å². The van der Waals surface area contributed by atoms with Gasteiger partial charge in [-0.3, -0.25) is 4.55 Å². The molecule has 30 heavy (non-hydrogen) atoms. The Labute approximate surface area is 223 Å². The molecule has 2 aromatic carbocycles. The first-order chi connectivity index (χ1) is 13.9. The SMILES string of the molecule is CCCCCCCCCCCc1cccc(Oc2cc(S(=O)(=O)O)ccc2[O-])c1.[K+]. The van der Waals surface area contributed by atoms with E-state index in [4.69, 9.17) is 9.29 Å². The van der Waals surface area contributed by atoms with Gasteiger partial charge in [0.15, 0.2) is 0 Å². The fourth-order valence-electron chi connectivity index (χ4n) is 3.26. The first-order valence-electron chi connectivity index (χ1n) is 10.5. The van der Waals surface area contributed by atoms with Crippen LogP contribution in [0.1, 0.15) is 70.3 Å². The van der Waals surface area contributed by atoms with Crippen molar-refractivity contribution in [1.82, 2.24) is 0 Å². The van der Waals surface area contributed by atoms with Crippen LogP contribution in [0.2, 0.25) is 0 Å². The van der Waals surface area contributed by atoms with Crippen molar-refractivity contribution in [2.45, 2.75) is 76.0 Å². The minimum Gasteiger partial charge on any atom is -0.870 e. The number of hydrogen-bond donors (Lipinski definition) is 1. The van der Waals surface area contributed by atoms with Gasteiger partial charge in [-0.2, -0.15) is 8.42 Å². The zero-order valence-electron chi connectivity index (χ0n) is 18.1. The van der Waals surface area contributed by atoms with Crippen molar-refractivity contribution >= 4 is 10.1 Å². The van der Waals surface area contributed by atoms with Crippen molar-refractivity contribution in [3.05, 3.63) is 48.0 Å². The Kier molecular flexibility index (Phi) is 13.5. The summed E-state index contributed by atoms with van der Waals surface area (Å²) >= 11 is 0. The van der Waals surface area contributed by atoms with Crippen LogP contribution >= 0.6 is 0 Å². The van der Waals surface area contributed by atoms with Gasteiger partial charge in [-0.25, -0.2) is 0 Å². The number of aryl methyl sites for hydroxylation is 1. The number of hydrogen-bond acceptors (Lipinski definition) is 4. The maximum absolute atomic E-state index is 11.9. The van der Waals surface area contributed by atoms with E-state index < -0.39 is 15.9 Å². The van der Waals surface area contributed by atoms with E-state index in [0.717, 1.165) is 36.6 Å². The predicted molar refractivity (Wildman–Crippen MR) is 113 cm³/mol. The van der Waals surface area contributed by atoms with Gasteiger partial charge in [0.05, 0.1) is 4.90 Å². The minimum atomic E-state index is -4.39. The fourth-order valence-corrected chi connectivity index (χ4v) is 3.76. The molecular weight excluding hydrogens is 427 g/mol. The van der Waals surface area contributed by atoms with Crippen molar-refractivity contribution in [2.24, 2.45) is 0 Å². The molecule has 0 aliphatic heterocycles. The largest absolute Gasteiger partial charge is 1.00 e. The van der Waals surface area contributed by atoms with Crippen molar-refractivity contribution in [2.75, 3.05) is 0 Å². The van der Waals surface area contributed by atoms with E-state index in [1.807, 2.05) is 18.2 Å². The van der Waals surface area contributed by atoms with Gasteiger partial charge in [-0.05, 0) is 36.6 Å². The van der Waals surface area contributed by atoms with Gasteiger partial charge in [-0.1, -0.05) is 82.2 Å². The molecular formula is C23H31KO5S. The molecule has 2 aromatic rings. The zero-order valence-corrected chi connectivity index (χ0v) is 22.0.